The number of rotatable bonds is 3. The molecule has 0 aliphatic rings. The van der Waals surface area contributed by atoms with Crippen molar-refractivity contribution in [1.82, 2.24) is 0 Å². The van der Waals surface area contributed by atoms with Crippen molar-refractivity contribution in [1.29, 1.82) is 0 Å². The Hall–Kier alpha value is -0.570. The van der Waals surface area contributed by atoms with Gasteiger partial charge in [-0.05, 0) is 13.3 Å². The smallest absolute Gasteiger partial charge is 0.0779 e. The Morgan fingerprint density at radius 2 is 1.73 bits per heavy atom. The topological polar surface area (TPSA) is 40.1 Å². The lowest BCUT2D eigenvalue weighted by molar-refractivity contribution is -0.888. The van der Waals surface area contributed by atoms with Crippen molar-refractivity contribution < 1.29 is 14.4 Å². The molecule has 0 saturated heterocycles. The molecule has 0 aromatic carbocycles. The zero-order valence-electron chi connectivity index (χ0n) is 7.96. The number of hydrogen-bond acceptors (Lipinski definition) is 2. The van der Waals surface area contributed by atoms with E-state index in [0.717, 1.165) is 4.48 Å². The molecule has 11 heavy (non-hydrogen) atoms. The van der Waals surface area contributed by atoms with E-state index in [1.165, 1.54) is 19.5 Å². The summed E-state index contributed by atoms with van der Waals surface area (Å²) in [6.45, 7) is 6.51. The van der Waals surface area contributed by atoms with Crippen LogP contribution >= 0.6 is 0 Å². The fourth-order valence-corrected chi connectivity index (χ4v) is 0.763. The van der Waals surface area contributed by atoms with E-state index in [-0.39, 0.29) is 0 Å². The number of carboxylic acid groups (broad SMARTS) is 1. The van der Waals surface area contributed by atoms with Gasteiger partial charge >= 0.3 is 0 Å². The van der Waals surface area contributed by atoms with Crippen LogP contribution in [0.4, 0.5) is 0 Å². The van der Waals surface area contributed by atoms with Crippen LogP contribution in [0.15, 0.2) is 0 Å². The number of nitrogens with zero attached hydrogens (tertiary/aromatic N) is 1. The van der Waals surface area contributed by atoms with Gasteiger partial charge in [0.15, 0.2) is 0 Å². The van der Waals surface area contributed by atoms with Crippen LogP contribution in [-0.2, 0) is 4.79 Å². The second-order valence-electron chi connectivity index (χ2n) is 3.07. The maximum absolute atomic E-state index is 8.25. The molecule has 0 bridgehead atoms. The molecule has 68 valence electrons. The highest BCUT2D eigenvalue weighted by Crippen LogP contribution is 1.95. The molecule has 0 aromatic rings. The van der Waals surface area contributed by atoms with Crippen molar-refractivity contribution in [2.45, 2.75) is 20.3 Å². The first-order valence-electron chi connectivity index (χ1n) is 3.91. The van der Waals surface area contributed by atoms with Crippen LogP contribution in [0.3, 0.4) is 0 Å². The van der Waals surface area contributed by atoms with Crippen LogP contribution in [0.5, 0.6) is 0 Å². The van der Waals surface area contributed by atoms with Gasteiger partial charge in [-0.1, -0.05) is 6.92 Å². The zero-order valence-corrected chi connectivity index (χ0v) is 7.96. The van der Waals surface area contributed by atoms with Gasteiger partial charge in [0.05, 0.1) is 27.2 Å². The quantitative estimate of drug-likeness (QED) is 0.427. The Kier molecular flexibility index (Phi) is 8.94. The van der Waals surface area contributed by atoms with Gasteiger partial charge < -0.3 is 14.4 Å². The summed E-state index contributed by atoms with van der Waals surface area (Å²) in [5.74, 6) is 0. The molecule has 0 unspecified atom stereocenters. The minimum atomic E-state index is -0.500. The highest BCUT2D eigenvalue weighted by Gasteiger charge is 2.07. The van der Waals surface area contributed by atoms with E-state index in [2.05, 4.69) is 27.9 Å². The van der Waals surface area contributed by atoms with Gasteiger partial charge in [0.25, 0.3) is 0 Å². The molecule has 0 rings (SSSR count). The Bertz CT molecular complexity index is 92.1. The third-order valence-electron chi connectivity index (χ3n) is 1.68. The van der Waals surface area contributed by atoms with E-state index in [1.807, 2.05) is 0 Å². The van der Waals surface area contributed by atoms with Gasteiger partial charge in [-0.15, -0.1) is 0 Å². The Morgan fingerprint density at radius 3 is 1.82 bits per heavy atom. The van der Waals surface area contributed by atoms with Gasteiger partial charge in [0.1, 0.15) is 0 Å². The van der Waals surface area contributed by atoms with Crippen molar-refractivity contribution in [3.63, 3.8) is 0 Å². The molecular weight excluding hydrogens is 142 g/mol. The Morgan fingerprint density at radius 1 is 1.36 bits per heavy atom. The molecule has 0 aliphatic carbocycles. The van der Waals surface area contributed by atoms with Crippen LogP contribution in [-0.4, -0.2) is 38.1 Å². The third kappa shape index (κ3) is 12.6. The maximum atomic E-state index is 8.25. The summed E-state index contributed by atoms with van der Waals surface area (Å²) in [6.07, 6.45) is 1.29. The first kappa shape index (κ1) is 13.1. The third-order valence-corrected chi connectivity index (χ3v) is 1.68. The van der Waals surface area contributed by atoms with Crippen molar-refractivity contribution in [3.8, 4) is 0 Å². The standard InChI is InChI=1S/C7H18N.CH2O2/c1-5-7-8(3,4)6-2;2-1-3/h5-7H2,1-4H3;1H,(H,2,3)/q+1;/p-1. The number of quaternary nitrogens is 1. The molecule has 0 amide bonds. The molecule has 0 aliphatic heterocycles. The highest BCUT2D eigenvalue weighted by molar-refractivity contribution is 5.29. The molecule has 0 N–H and O–H groups in total. The fourth-order valence-electron chi connectivity index (χ4n) is 0.763. The summed E-state index contributed by atoms with van der Waals surface area (Å²) in [6, 6.07) is 0. The molecular formula is C8H19NO2. The van der Waals surface area contributed by atoms with Crippen LogP contribution in [0.1, 0.15) is 20.3 Å². The lowest BCUT2D eigenvalue weighted by Gasteiger charge is -2.27. The molecule has 3 nitrogen and oxygen atoms in total. The number of carbonyl (C=O) groups excluding carboxylic acids is 1. The van der Waals surface area contributed by atoms with Crippen molar-refractivity contribution >= 4 is 6.47 Å². The van der Waals surface area contributed by atoms with Crippen LogP contribution in [0.2, 0.25) is 0 Å². The largest absolute Gasteiger partial charge is 0.554 e. The first-order chi connectivity index (χ1) is 5.04. The molecule has 0 atom stereocenters. The molecule has 0 heterocycles. The fraction of sp³-hybridized carbons (Fsp3) is 0.875. The van der Waals surface area contributed by atoms with E-state index in [4.69, 9.17) is 9.90 Å². The zero-order chi connectivity index (χ0) is 9.33. The molecule has 0 fully saturated rings. The average molecular weight is 161 g/mol. The monoisotopic (exact) mass is 161 g/mol. The normalized spacial score (nSPS) is 9.82. The second kappa shape index (κ2) is 7.54. The van der Waals surface area contributed by atoms with E-state index >= 15 is 0 Å². The number of carbonyl (C=O) groups is 1. The Labute approximate surface area is 69.2 Å². The van der Waals surface area contributed by atoms with Crippen molar-refractivity contribution in [3.05, 3.63) is 0 Å². The number of hydrogen-bond donors (Lipinski definition) is 0. The average Bonchev–Trinajstić information content (AvgIpc) is 1.90. The van der Waals surface area contributed by atoms with Crippen molar-refractivity contribution in [2.75, 3.05) is 27.2 Å². The van der Waals surface area contributed by atoms with Crippen molar-refractivity contribution in [2.24, 2.45) is 0 Å². The van der Waals surface area contributed by atoms with Crippen LogP contribution in [0.25, 0.3) is 0 Å². The molecule has 0 saturated carbocycles. The minimum Gasteiger partial charge on any atom is -0.554 e. The first-order valence-corrected chi connectivity index (χ1v) is 3.91. The summed E-state index contributed by atoms with van der Waals surface area (Å²) < 4.78 is 1.16. The summed E-state index contributed by atoms with van der Waals surface area (Å²) in [5.41, 5.74) is 0. The summed E-state index contributed by atoms with van der Waals surface area (Å²) in [5, 5.41) is 8.25. The lowest BCUT2D eigenvalue weighted by Crippen LogP contribution is -2.39. The summed E-state index contributed by atoms with van der Waals surface area (Å²) >= 11 is 0. The molecule has 0 aromatic heterocycles. The van der Waals surface area contributed by atoms with Crippen LogP contribution in [0, 0.1) is 0 Å². The summed E-state index contributed by atoms with van der Waals surface area (Å²) in [4.78, 5) is 8.25. The minimum absolute atomic E-state index is 0.500. The predicted molar refractivity (Wildman–Crippen MR) is 43.9 cm³/mol. The summed E-state index contributed by atoms with van der Waals surface area (Å²) in [7, 11) is 4.53. The van der Waals surface area contributed by atoms with Gasteiger partial charge in [-0.3, -0.25) is 0 Å². The van der Waals surface area contributed by atoms with Gasteiger partial charge in [0, 0.05) is 6.47 Å². The van der Waals surface area contributed by atoms with Gasteiger partial charge in [0.2, 0.25) is 0 Å². The molecule has 0 spiro atoms. The molecule has 0 radical (unpaired) electrons. The second-order valence-corrected chi connectivity index (χ2v) is 3.07. The SMILES string of the molecule is CCC[N+](C)(C)CC.O=C[O-]. The highest BCUT2D eigenvalue weighted by atomic mass is 16.3. The van der Waals surface area contributed by atoms with E-state index in [0.29, 0.717) is 0 Å². The Balaban J connectivity index is 0. The lowest BCUT2D eigenvalue weighted by atomic mass is 10.4. The van der Waals surface area contributed by atoms with E-state index in [9.17, 15) is 0 Å². The predicted octanol–water partition coefficient (Wildman–Crippen LogP) is -0.141. The van der Waals surface area contributed by atoms with Crippen LogP contribution < -0.4 is 5.11 Å². The van der Waals surface area contributed by atoms with E-state index in [1.54, 1.807) is 0 Å². The van der Waals surface area contributed by atoms with Gasteiger partial charge in [-0.25, -0.2) is 0 Å². The van der Waals surface area contributed by atoms with E-state index < -0.39 is 6.47 Å². The van der Waals surface area contributed by atoms with Gasteiger partial charge in [-0.2, -0.15) is 0 Å². The maximum Gasteiger partial charge on any atom is 0.0779 e. The molecule has 3 heteroatoms.